The summed E-state index contributed by atoms with van der Waals surface area (Å²) in [4.78, 5) is 42.3. The van der Waals surface area contributed by atoms with Crippen LogP contribution in [0.4, 0.5) is 9.18 Å². The van der Waals surface area contributed by atoms with Gasteiger partial charge in [0.05, 0.1) is 21.6 Å². The molecule has 1 heterocycles. The average Bonchev–Trinajstić information content (AvgIpc) is 3.22. The van der Waals surface area contributed by atoms with Crippen LogP contribution in [0.2, 0.25) is 5.02 Å². The molecule has 0 radical (unpaired) electrons. The second kappa shape index (κ2) is 11.9. The van der Waals surface area contributed by atoms with E-state index < -0.39 is 41.3 Å². The average molecular weight is 568 g/mol. The third kappa shape index (κ3) is 6.04. The maximum atomic E-state index is 14.3. The highest BCUT2D eigenvalue weighted by molar-refractivity contribution is 7.80. The van der Waals surface area contributed by atoms with Crippen LogP contribution < -0.4 is 21.7 Å². The molecule has 38 heavy (non-hydrogen) atoms. The molecule has 3 amide bonds. The summed E-state index contributed by atoms with van der Waals surface area (Å²) in [7, 11) is 0. The molecule has 1 aliphatic carbocycles. The van der Waals surface area contributed by atoms with Crippen molar-refractivity contribution in [3.63, 3.8) is 0 Å². The lowest BCUT2D eigenvalue weighted by Gasteiger charge is -2.39. The van der Waals surface area contributed by atoms with E-state index in [-0.39, 0.29) is 34.7 Å². The number of amides is 3. The molecule has 9 nitrogen and oxygen atoms in total. The first-order valence-corrected chi connectivity index (χ1v) is 13.5. The molecule has 0 saturated carbocycles. The van der Waals surface area contributed by atoms with Gasteiger partial charge in [-0.05, 0) is 42.4 Å². The van der Waals surface area contributed by atoms with Crippen LogP contribution in [0, 0.1) is 17.7 Å². The highest BCUT2D eigenvalue weighted by Crippen LogP contribution is 2.37. The number of nitrogens with two attached hydrogens (primary N) is 1. The molecule has 1 aliphatic rings. The van der Waals surface area contributed by atoms with Crippen molar-refractivity contribution in [3.05, 3.63) is 34.2 Å². The van der Waals surface area contributed by atoms with Crippen LogP contribution in [0.25, 0.3) is 10.9 Å². The fourth-order valence-electron chi connectivity index (χ4n) is 4.99. The molecule has 1 aromatic heterocycles. The van der Waals surface area contributed by atoms with E-state index in [2.05, 4.69) is 20.9 Å². The van der Waals surface area contributed by atoms with E-state index in [1.165, 1.54) is 12.1 Å². The maximum Gasteiger partial charge on any atom is 0.405 e. The number of aryl methyl sites for hydroxylation is 1. The third-order valence-corrected chi connectivity index (χ3v) is 8.23. The van der Waals surface area contributed by atoms with E-state index in [9.17, 15) is 23.9 Å². The van der Waals surface area contributed by atoms with Crippen molar-refractivity contribution in [1.82, 2.24) is 20.9 Å². The van der Waals surface area contributed by atoms with Gasteiger partial charge in [0.25, 0.3) is 0 Å². The topological polar surface area (TPSA) is 149 Å². The predicted octanol–water partition coefficient (Wildman–Crippen LogP) is 3.80. The SMILES string of the molecule is CCC(C)[C@H](NC(=O)O)C(=O)N[C@]1(C(=O)N[C@H](C(N)=S)C(C)CC)CCc2[nH]c3c(Cl)cc(F)cc3c2C1. The van der Waals surface area contributed by atoms with Gasteiger partial charge in [-0.15, -0.1) is 0 Å². The van der Waals surface area contributed by atoms with Crippen molar-refractivity contribution in [1.29, 1.82) is 0 Å². The number of H-pyrrole nitrogens is 1. The molecular weight excluding hydrogens is 533 g/mol. The molecule has 12 heteroatoms. The van der Waals surface area contributed by atoms with Gasteiger partial charge in [0.15, 0.2) is 0 Å². The first-order valence-electron chi connectivity index (χ1n) is 12.7. The Hall–Kier alpha value is -2.92. The minimum atomic E-state index is -1.47. The lowest BCUT2D eigenvalue weighted by Crippen LogP contribution is -2.67. The number of benzene rings is 1. The molecule has 7 N–H and O–H groups in total. The van der Waals surface area contributed by atoms with Gasteiger partial charge >= 0.3 is 6.09 Å². The first-order chi connectivity index (χ1) is 17.8. The standard InChI is InChI=1S/C26H35ClFN5O4S/c1-5-12(3)19(22(29)38)31-24(35)26(33-23(34)20(13(4)6-2)32-25(36)37)8-7-18-16(11-26)15-9-14(28)10-17(27)21(15)30-18/h9-10,12-13,19-20,30,32H,5-8,11H2,1-4H3,(H2,29,38)(H,31,35)(H,33,34)(H,36,37)/t12?,13?,19-,20-,26+/m0/s1. The van der Waals surface area contributed by atoms with Crippen molar-refractivity contribution in [2.24, 2.45) is 17.6 Å². The van der Waals surface area contributed by atoms with Gasteiger partial charge in [-0.25, -0.2) is 9.18 Å². The number of halogens is 2. The summed E-state index contributed by atoms with van der Waals surface area (Å²) in [5.74, 6) is -2.05. The Bertz CT molecular complexity index is 1250. The largest absolute Gasteiger partial charge is 0.465 e. The van der Waals surface area contributed by atoms with E-state index in [4.69, 9.17) is 29.6 Å². The lowest BCUT2D eigenvalue weighted by atomic mass is 9.78. The zero-order valence-corrected chi connectivity index (χ0v) is 23.5. The van der Waals surface area contributed by atoms with Gasteiger partial charge in [-0.3, -0.25) is 9.59 Å². The molecular formula is C26H35ClFN5O4S. The smallest absolute Gasteiger partial charge is 0.405 e. The third-order valence-electron chi connectivity index (χ3n) is 7.68. The number of hydrogen-bond acceptors (Lipinski definition) is 4. The summed E-state index contributed by atoms with van der Waals surface area (Å²) in [5.41, 5.74) is 6.48. The summed E-state index contributed by atoms with van der Waals surface area (Å²) >= 11 is 11.5. The predicted molar refractivity (Wildman–Crippen MR) is 149 cm³/mol. The number of hydrogen-bond donors (Lipinski definition) is 6. The number of carbonyl (C=O) groups is 3. The van der Waals surface area contributed by atoms with Crippen LogP contribution in [0.5, 0.6) is 0 Å². The molecule has 5 atom stereocenters. The minimum Gasteiger partial charge on any atom is -0.465 e. The van der Waals surface area contributed by atoms with E-state index in [0.29, 0.717) is 35.7 Å². The molecule has 0 bridgehead atoms. The second-order valence-electron chi connectivity index (χ2n) is 10.2. The van der Waals surface area contributed by atoms with E-state index in [1.807, 2.05) is 20.8 Å². The summed E-state index contributed by atoms with van der Waals surface area (Å²) < 4.78 is 14.3. The summed E-state index contributed by atoms with van der Waals surface area (Å²) in [6, 6.07) is 0.854. The van der Waals surface area contributed by atoms with Crippen LogP contribution in [0.1, 0.15) is 58.2 Å². The summed E-state index contributed by atoms with van der Waals surface area (Å²) in [6.45, 7) is 7.45. The van der Waals surface area contributed by atoms with Gasteiger partial charge in [0.1, 0.15) is 17.4 Å². The number of fused-ring (bicyclic) bond motifs is 3. The number of carboxylic acid groups (broad SMARTS) is 1. The Morgan fingerprint density at radius 3 is 2.39 bits per heavy atom. The molecule has 3 rings (SSSR count). The monoisotopic (exact) mass is 567 g/mol. The highest BCUT2D eigenvalue weighted by Gasteiger charge is 2.46. The number of aromatic nitrogens is 1. The van der Waals surface area contributed by atoms with Gasteiger partial charge in [-0.1, -0.05) is 64.4 Å². The van der Waals surface area contributed by atoms with E-state index in [0.717, 1.165) is 5.69 Å². The van der Waals surface area contributed by atoms with Crippen molar-refractivity contribution >= 4 is 57.6 Å². The Labute approximate surface area is 231 Å². The van der Waals surface area contributed by atoms with E-state index in [1.54, 1.807) is 6.92 Å². The van der Waals surface area contributed by atoms with Crippen LogP contribution in [-0.2, 0) is 22.4 Å². The quantitative estimate of drug-likeness (QED) is 0.240. The number of aromatic amines is 1. The van der Waals surface area contributed by atoms with Crippen LogP contribution in [-0.4, -0.2) is 50.6 Å². The molecule has 0 spiro atoms. The van der Waals surface area contributed by atoms with Gasteiger partial charge < -0.3 is 31.8 Å². The number of rotatable bonds is 10. The van der Waals surface area contributed by atoms with Gasteiger partial charge in [0.2, 0.25) is 11.8 Å². The van der Waals surface area contributed by atoms with E-state index >= 15 is 0 Å². The fourth-order valence-corrected chi connectivity index (χ4v) is 5.53. The molecule has 2 unspecified atom stereocenters. The molecule has 1 aromatic carbocycles. The van der Waals surface area contributed by atoms with Gasteiger partial charge in [-0.2, -0.15) is 0 Å². The lowest BCUT2D eigenvalue weighted by molar-refractivity contribution is -0.136. The van der Waals surface area contributed by atoms with Crippen molar-refractivity contribution in [3.8, 4) is 0 Å². The van der Waals surface area contributed by atoms with Crippen molar-refractivity contribution in [2.45, 2.75) is 77.4 Å². The Morgan fingerprint density at radius 2 is 1.82 bits per heavy atom. The number of thiocarbonyl (C=S) groups is 1. The number of carbonyl (C=O) groups excluding carboxylic acids is 2. The second-order valence-corrected chi connectivity index (χ2v) is 11.1. The van der Waals surface area contributed by atoms with Crippen molar-refractivity contribution < 1.29 is 23.9 Å². The number of nitrogens with one attached hydrogen (secondary N) is 4. The molecule has 0 aliphatic heterocycles. The summed E-state index contributed by atoms with van der Waals surface area (Å²) in [6.07, 6.45) is 0.475. The highest BCUT2D eigenvalue weighted by atomic mass is 35.5. The minimum absolute atomic E-state index is 0.0323. The Morgan fingerprint density at radius 1 is 1.18 bits per heavy atom. The Kier molecular flexibility index (Phi) is 9.25. The molecule has 2 aromatic rings. The molecule has 208 valence electrons. The molecule has 0 saturated heterocycles. The van der Waals surface area contributed by atoms with Crippen LogP contribution in [0.15, 0.2) is 12.1 Å². The zero-order chi connectivity index (χ0) is 28.4. The van der Waals surface area contributed by atoms with Gasteiger partial charge in [0, 0.05) is 17.5 Å². The normalized spacial score (nSPS) is 20.1. The first kappa shape index (κ1) is 29.6. The van der Waals surface area contributed by atoms with Crippen LogP contribution >= 0.6 is 23.8 Å². The van der Waals surface area contributed by atoms with Crippen LogP contribution in [0.3, 0.4) is 0 Å². The Balaban J connectivity index is 2.08. The maximum absolute atomic E-state index is 14.3. The zero-order valence-electron chi connectivity index (χ0n) is 21.9. The van der Waals surface area contributed by atoms with Crippen molar-refractivity contribution in [2.75, 3.05) is 0 Å². The summed E-state index contributed by atoms with van der Waals surface area (Å²) in [5, 5.41) is 18.2. The fraction of sp³-hybridized carbons (Fsp3) is 0.538. The molecule has 0 fully saturated rings.